The summed E-state index contributed by atoms with van der Waals surface area (Å²) >= 11 is 9.06. The summed E-state index contributed by atoms with van der Waals surface area (Å²) in [6.07, 6.45) is 1.60. The van der Waals surface area contributed by atoms with E-state index in [1.54, 1.807) is 42.2 Å². The van der Waals surface area contributed by atoms with Crippen molar-refractivity contribution in [1.82, 2.24) is 9.78 Å². The van der Waals surface area contributed by atoms with Gasteiger partial charge in [0.05, 0.1) is 10.7 Å². The molecule has 1 heterocycles. The van der Waals surface area contributed by atoms with Crippen molar-refractivity contribution in [2.24, 2.45) is 7.05 Å². The van der Waals surface area contributed by atoms with Gasteiger partial charge in [0.15, 0.2) is 0 Å². The van der Waals surface area contributed by atoms with Gasteiger partial charge in [-0.25, -0.2) is 0 Å². The third kappa shape index (κ3) is 2.03. The van der Waals surface area contributed by atoms with Gasteiger partial charge in [0.1, 0.15) is 5.69 Å². The highest BCUT2D eigenvalue weighted by molar-refractivity contribution is 9.10. The van der Waals surface area contributed by atoms with Crippen LogP contribution in [0.2, 0.25) is 5.02 Å². The molecule has 0 aliphatic carbocycles. The van der Waals surface area contributed by atoms with E-state index in [1.807, 2.05) is 0 Å². The number of ketones is 1. The van der Waals surface area contributed by atoms with Crippen LogP contribution in [0.4, 0.5) is 0 Å². The molecule has 16 heavy (non-hydrogen) atoms. The summed E-state index contributed by atoms with van der Waals surface area (Å²) in [7, 11) is 1.73. The Balaban J connectivity index is 2.43. The van der Waals surface area contributed by atoms with E-state index in [1.165, 1.54) is 0 Å². The lowest BCUT2D eigenvalue weighted by Crippen LogP contribution is -2.08. The lowest BCUT2D eigenvalue weighted by atomic mass is 10.1. The molecule has 0 fully saturated rings. The van der Waals surface area contributed by atoms with Crippen LogP contribution in [-0.2, 0) is 7.05 Å². The first kappa shape index (κ1) is 11.4. The number of aryl methyl sites for hydroxylation is 1. The SMILES string of the molecule is Cn1ncc(Br)c1C(=O)c1ccc(Cl)cc1. The number of halogens is 2. The van der Waals surface area contributed by atoms with E-state index in [2.05, 4.69) is 21.0 Å². The highest BCUT2D eigenvalue weighted by atomic mass is 79.9. The van der Waals surface area contributed by atoms with Crippen molar-refractivity contribution in [1.29, 1.82) is 0 Å². The van der Waals surface area contributed by atoms with E-state index in [-0.39, 0.29) is 5.78 Å². The largest absolute Gasteiger partial charge is 0.287 e. The maximum atomic E-state index is 12.1. The molecule has 0 spiro atoms. The molecule has 0 saturated carbocycles. The van der Waals surface area contributed by atoms with Gasteiger partial charge in [0, 0.05) is 17.6 Å². The van der Waals surface area contributed by atoms with Gasteiger partial charge in [0.25, 0.3) is 0 Å². The second-order valence-electron chi connectivity index (χ2n) is 3.30. The number of hydrogen-bond acceptors (Lipinski definition) is 2. The lowest BCUT2D eigenvalue weighted by molar-refractivity contribution is 0.102. The van der Waals surface area contributed by atoms with Crippen LogP contribution < -0.4 is 0 Å². The summed E-state index contributed by atoms with van der Waals surface area (Å²) in [5, 5.41) is 4.61. The van der Waals surface area contributed by atoms with Crippen LogP contribution in [-0.4, -0.2) is 15.6 Å². The van der Waals surface area contributed by atoms with Gasteiger partial charge in [0.2, 0.25) is 5.78 Å². The van der Waals surface area contributed by atoms with Crippen molar-refractivity contribution in [2.75, 3.05) is 0 Å². The van der Waals surface area contributed by atoms with E-state index < -0.39 is 0 Å². The minimum atomic E-state index is -0.0801. The van der Waals surface area contributed by atoms with Crippen molar-refractivity contribution in [3.63, 3.8) is 0 Å². The molecule has 0 atom stereocenters. The summed E-state index contributed by atoms with van der Waals surface area (Å²) in [5.74, 6) is -0.0801. The zero-order valence-electron chi connectivity index (χ0n) is 8.45. The first-order chi connectivity index (χ1) is 7.59. The summed E-state index contributed by atoms with van der Waals surface area (Å²) in [6.45, 7) is 0. The Bertz CT molecular complexity index is 514. The van der Waals surface area contributed by atoms with Gasteiger partial charge in [-0.1, -0.05) is 11.6 Å². The highest BCUT2D eigenvalue weighted by Crippen LogP contribution is 2.20. The molecule has 0 unspecified atom stereocenters. The summed E-state index contributed by atoms with van der Waals surface area (Å²) in [4.78, 5) is 12.1. The van der Waals surface area contributed by atoms with Crippen LogP contribution in [0.15, 0.2) is 34.9 Å². The van der Waals surface area contributed by atoms with Crippen LogP contribution in [0.1, 0.15) is 16.1 Å². The first-order valence-corrected chi connectivity index (χ1v) is 5.74. The Hall–Kier alpha value is -1.13. The Morgan fingerprint density at radius 3 is 2.50 bits per heavy atom. The molecule has 1 aromatic heterocycles. The molecular weight excluding hydrogens is 291 g/mol. The fourth-order valence-electron chi connectivity index (χ4n) is 1.40. The molecule has 5 heteroatoms. The number of hydrogen-bond donors (Lipinski definition) is 0. The third-order valence-corrected chi connectivity index (χ3v) is 3.05. The fourth-order valence-corrected chi connectivity index (χ4v) is 2.06. The molecule has 0 saturated heterocycles. The zero-order chi connectivity index (χ0) is 11.7. The summed E-state index contributed by atoms with van der Waals surface area (Å²) < 4.78 is 2.23. The van der Waals surface area contributed by atoms with Gasteiger partial charge >= 0.3 is 0 Å². The van der Waals surface area contributed by atoms with Crippen molar-refractivity contribution in [3.05, 3.63) is 51.2 Å². The summed E-state index contributed by atoms with van der Waals surface area (Å²) in [6, 6.07) is 6.78. The fraction of sp³-hybridized carbons (Fsp3) is 0.0909. The molecule has 2 aromatic rings. The zero-order valence-corrected chi connectivity index (χ0v) is 10.8. The van der Waals surface area contributed by atoms with E-state index in [9.17, 15) is 4.79 Å². The minimum absolute atomic E-state index is 0.0801. The highest BCUT2D eigenvalue weighted by Gasteiger charge is 2.16. The Kier molecular flexibility index (Phi) is 3.12. The second kappa shape index (κ2) is 4.39. The predicted molar refractivity (Wildman–Crippen MR) is 65.8 cm³/mol. The maximum Gasteiger partial charge on any atom is 0.212 e. The van der Waals surface area contributed by atoms with Gasteiger partial charge in [-0.15, -0.1) is 0 Å². The van der Waals surface area contributed by atoms with Gasteiger partial charge in [-0.3, -0.25) is 9.48 Å². The number of rotatable bonds is 2. The molecule has 1 aromatic carbocycles. The molecule has 0 N–H and O–H groups in total. The topological polar surface area (TPSA) is 34.9 Å². The van der Waals surface area contributed by atoms with Gasteiger partial charge in [-0.2, -0.15) is 5.10 Å². The van der Waals surface area contributed by atoms with Crippen molar-refractivity contribution in [3.8, 4) is 0 Å². The third-order valence-electron chi connectivity index (χ3n) is 2.22. The van der Waals surface area contributed by atoms with Gasteiger partial charge in [-0.05, 0) is 40.2 Å². The van der Waals surface area contributed by atoms with Crippen molar-refractivity contribution >= 4 is 33.3 Å². The standard InChI is InChI=1S/C11H8BrClN2O/c1-15-10(9(12)6-14-15)11(16)7-2-4-8(13)5-3-7/h2-6H,1H3. The molecule has 0 bridgehead atoms. The molecule has 2 rings (SSSR count). The number of carbonyl (C=O) groups excluding carboxylic acids is 1. The number of aromatic nitrogens is 2. The Morgan fingerprint density at radius 2 is 2.00 bits per heavy atom. The number of benzene rings is 1. The van der Waals surface area contributed by atoms with E-state index >= 15 is 0 Å². The Morgan fingerprint density at radius 1 is 1.38 bits per heavy atom. The molecule has 0 aliphatic heterocycles. The summed E-state index contributed by atoms with van der Waals surface area (Å²) in [5.41, 5.74) is 1.12. The Labute approximate surface area is 106 Å². The quantitative estimate of drug-likeness (QED) is 0.799. The van der Waals surface area contributed by atoms with E-state index in [0.717, 1.165) is 0 Å². The monoisotopic (exact) mass is 298 g/mol. The van der Waals surface area contributed by atoms with Crippen LogP contribution in [0, 0.1) is 0 Å². The average molecular weight is 300 g/mol. The maximum absolute atomic E-state index is 12.1. The van der Waals surface area contributed by atoms with Crippen LogP contribution in [0.3, 0.4) is 0 Å². The van der Waals surface area contributed by atoms with E-state index in [4.69, 9.17) is 11.6 Å². The molecule has 0 amide bonds. The minimum Gasteiger partial charge on any atom is -0.287 e. The smallest absolute Gasteiger partial charge is 0.212 e. The first-order valence-electron chi connectivity index (χ1n) is 4.57. The van der Waals surface area contributed by atoms with E-state index in [0.29, 0.717) is 20.8 Å². The predicted octanol–water partition coefficient (Wildman–Crippen LogP) is 3.07. The molecule has 0 radical (unpaired) electrons. The second-order valence-corrected chi connectivity index (χ2v) is 4.59. The lowest BCUT2D eigenvalue weighted by Gasteiger charge is -2.02. The van der Waals surface area contributed by atoms with Gasteiger partial charge < -0.3 is 0 Å². The number of carbonyl (C=O) groups is 1. The van der Waals surface area contributed by atoms with Crippen LogP contribution >= 0.6 is 27.5 Å². The van der Waals surface area contributed by atoms with Crippen molar-refractivity contribution < 1.29 is 4.79 Å². The van der Waals surface area contributed by atoms with Crippen molar-refractivity contribution in [2.45, 2.75) is 0 Å². The number of nitrogens with zero attached hydrogens (tertiary/aromatic N) is 2. The molecule has 82 valence electrons. The normalized spacial score (nSPS) is 10.4. The molecule has 0 aliphatic rings. The molecule has 3 nitrogen and oxygen atoms in total. The average Bonchev–Trinajstić information content (AvgIpc) is 2.59. The van der Waals surface area contributed by atoms with Crippen LogP contribution in [0.5, 0.6) is 0 Å². The van der Waals surface area contributed by atoms with Crippen LogP contribution in [0.25, 0.3) is 0 Å². The molecular formula is C11H8BrClN2O.